The number of aliphatic carboxylic acids is 1. The maximum Gasteiger partial charge on any atom is 0.322 e. The number of hydrogen-bond acceptors (Lipinski definition) is 4. The molecule has 0 atom stereocenters. The van der Waals surface area contributed by atoms with Gasteiger partial charge in [-0.25, -0.2) is 0 Å². The minimum Gasteiger partial charge on any atom is -0.486 e. The molecule has 0 unspecified atom stereocenters. The Kier molecular flexibility index (Phi) is 7.59. The SMILES string of the molecule is CCNc1cccc(COc2c(Cl)cc(C(=O)NCC(=O)O)cc2Cl)c1Cl. The maximum absolute atomic E-state index is 11.9. The van der Waals surface area contributed by atoms with Crippen molar-refractivity contribution in [2.75, 3.05) is 18.4 Å². The molecule has 0 aliphatic carbocycles. The molecule has 144 valence electrons. The van der Waals surface area contributed by atoms with Crippen LogP contribution in [-0.4, -0.2) is 30.1 Å². The summed E-state index contributed by atoms with van der Waals surface area (Å²) in [6.45, 7) is 2.31. The molecular weight excluding hydrogens is 415 g/mol. The molecule has 0 aliphatic rings. The van der Waals surface area contributed by atoms with Crippen LogP contribution in [0.15, 0.2) is 30.3 Å². The van der Waals surface area contributed by atoms with Gasteiger partial charge in [0.05, 0.1) is 20.8 Å². The van der Waals surface area contributed by atoms with Crippen LogP contribution in [0.25, 0.3) is 0 Å². The van der Waals surface area contributed by atoms with Gasteiger partial charge in [-0.3, -0.25) is 9.59 Å². The number of halogens is 3. The standard InChI is InChI=1S/C18H17Cl3N2O4/c1-2-22-14-5-3-4-10(16(14)21)9-27-17-12(19)6-11(7-13(17)20)18(26)23-8-15(24)25/h3-7,22H,2,8-9H2,1H3,(H,23,26)(H,24,25). The Bertz CT molecular complexity index is 835. The molecule has 3 N–H and O–H groups in total. The van der Waals surface area contributed by atoms with E-state index in [2.05, 4.69) is 10.6 Å². The third-order valence-electron chi connectivity index (χ3n) is 3.48. The molecule has 0 saturated carbocycles. The summed E-state index contributed by atoms with van der Waals surface area (Å²) in [6, 6.07) is 8.24. The van der Waals surface area contributed by atoms with Crippen molar-refractivity contribution in [1.82, 2.24) is 5.32 Å². The molecule has 0 saturated heterocycles. The van der Waals surface area contributed by atoms with Crippen molar-refractivity contribution in [2.24, 2.45) is 0 Å². The van der Waals surface area contributed by atoms with Crippen molar-refractivity contribution in [2.45, 2.75) is 13.5 Å². The van der Waals surface area contributed by atoms with E-state index in [1.165, 1.54) is 12.1 Å². The number of carboxylic acid groups (broad SMARTS) is 1. The Morgan fingerprint density at radius 1 is 1.15 bits per heavy atom. The number of carboxylic acids is 1. The number of amides is 1. The van der Waals surface area contributed by atoms with Gasteiger partial charge in [-0.1, -0.05) is 46.9 Å². The second-order valence-electron chi connectivity index (χ2n) is 5.44. The highest BCUT2D eigenvalue weighted by Crippen LogP contribution is 2.35. The lowest BCUT2D eigenvalue weighted by Crippen LogP contribution is -2.29. The first-order valence-corrected chi connectivity index (χ1v) is 9.10. The number of carbonyl (C=O) groups excluding carboxylic acids is 1. The number of carbonyl (C=O) groups is 2. The molecule has 0 bridgehead atoms. The molecule has 0 spiro atoms. The van der Waals surface area contributed by atoms with Gasteiger partial charge in [-0.15, -0.1) is 0 Å². The minimum atomic E-state index is -1.16. The molecule has 2 aromatic rings. The van der Waals surface area contributed by atoms with Crippen LogP contribution in [0, 0.1) is 0 Å². The summed E-state index contributed by atoms with van der Waals surface area (Å²) in [5.74, 6) is -1.55. The van der Waals surface area contributed by atoms with Gasteiger partial charge in [0.2, 0.25) is 0 Å². The van der Waals surface area contributed by atoms with Gasteiger partial charge in [-0.2, -0.15) is 0 Å². The van der Waals surface area contributed by atoms with E-state index < -0.39 is 18.4 Å². The zero-order chi connectivity index (χ0) is 20.0. The first kappa shape index (κ1) is 21.2. The fourth-order valence-electron chi connectivity index (χ4n) is 2.25. The molecule has 2 aromatic carbocycles. The molecule has 2 rings (SSSR count). The average molecular weight is 432 g/mol. The topological polar surface area (TPSA) is 87.7 Å². The highest BCUT2D eigenvalue weighted by molar-refractivity contribution is 6.37. The summed E-state index contributed by atoms with van der Waals surface area (Å²) in [7, 11) is 0. The van der Waals surface area contributed by atoms with Crippen LogP contribution >= 0.6 is 34.8 Å². The predicted molar refractivity (Wildman–Crippen MR) is 106 cm³/mol. The van der Waals surface area contributed by atoms with E-state index in [9.17, 15) is 9.59 Å². The maximum atomic E-state index is 11.9. The van der Waals surface area contributed by atoms with Gasteiger partial charge in [0.25, 0.3) is 5.91 Å². The Hall–Kier alpha value is -2.15. The van der Waals surface area contributed by atoms with E-state index in [0.717, 1.165) is 17.8 Å². The van der Waals surface area contributed by atoms with Crippen LogP contribution in [0.4, 0.5) is 5.69 Å². The van der Waals surface area contributed by atoms with E-state index in [4.69, 9.17) is 44.6 Å². The number of hydrogen-bond donors (Lipinski definition) is 3. The van der Waals surface area contributed by atoms with Gasteiger partial charge in [0, 0.05) is 17.7 Å². The minimum absolute atomic E-state index is 0.127. The summed E-state index contributed by atoms with van der Waals surface area (Å²) in [5, 5.41) is 14.8. The smallest absolute Gasteiger partial charge is 0.322 e. The molecule has 1 amide bonds. The van der Waals surface area contributed by atoms with Crippen molar-refractivity contribution in [3.63, 3.8) is 0 Å². The fraction of sp³-hybridized carbons (Fsp3) is 0.222. The van der Waals surface area contributed by atoms with Gasteiger partial charge in [0.15, 0.2) is 5.75 Å². The van der Waals surface area contributed by atoms with E-state index in [1.807, 2.05) is 25.1 Å². The number of nitrogens with one attached hydrogen (secondary N) is 2. The molecule has 6 nitrogen and oxygen atoms in total. The summed E-state index contributed by atoms with van der Waals surface area (Å²) in [6.07, 6.45) is 0. The van der Waals surface area contributed by atoms with E-state index in [1.54, 1.807) is 0 Å². The van der Waals surface area contributed by atoms with Crippen molar-refractivity contribution in [3.8, 4) is 5.75 Å². The second-order valence-corrected chi connectivity index (χ2v) is 6.64. The lowest BCUT2D eigenvalue weighted by atomic mass is 10.2. The zero-order valence-corrected chi connectivity index (χ0v) is 16.6. The molecule has 0 aliphatic heterocycles. The summed E-state index contributed by atoms with van der Waals surface area (Å²) in [4.78, 5) is 22.5. The largest absolute Gasteiger partial charge is 0.486 e. The van der Waals surface area contributed by atoms with E-state index >= 15 is 0 Å². The molecule has 0 fully saturated rings. The van der Waals surface area contributed by atoms with Gasteiger partial charge in [0.1, 0.15) is 13.2 Å². The van der Waals surface area contributed by atoms with Crippen molar-refractivity contribution in [1.29, 1.82) is 0 Å². The third-order valence-corrected chi connectivity index (χ3v) is 4.49. The van der Waals surface area contributed by atoms with Gasteiger partial charge in [-0.05, 0) is 25.1 Å². The first-order chi connectivity index (χ1) is 12.8. The summed E-state index contributed by atoms with van der Waals surface area (Å²) >= 11 is 18.7. The summed E-state index contributed by atoms with van der Waals surface area (Å²) < 4.78 is 5.70. The lowest BCUT2D eigenvalue weighted by Gasteiger charge is -2.14. The van der Waals surface area contributed by atoms with Crippen LogP contribution in [0.3, 0.4) is 0 Å². The second kappa shape index (κ2) is 9.69. The first-order valence-electron chi connectivity index (χ1n) is 7.96. The molecule has 0 heterocycles. The van der Waals surface area contributed by atoms with Gasteiger partial charge < -0.3 is 20.5 Å². The van der Waals surface area contributed by atoms with Crippen LogP contribution in [0.2, 0.25) is 15.1 Å². The Morgan fingerprint density at radius 2 is 1.81 bits per heavy atom. The molecular formula is C18H17Cl3N2O4. The van der Waals surface area contributed by atoms with Crippen LogP contribution in [0.1, 0.15) is 22.8 Å². The molecule has 0 aromatic heterocycles. The predicted octanol–water partition coefficient (Wildman–Crippen LogP) is 4.47. The number of rotatable bonds is 8. The molecule has 9 heteroatoms. The average Bonchev–Trinajstić information content (AvgIpc) is 2.61. The normalized spacial score (nSPS) is 10.4. The molecule has 0 radical (unpaired) electrons. The van der Waals surface area contributed by atoms with E-state index in [0.29, 0.717) is 5.02 Å². The Balaban J connectivity index is 2.15. The number of ether oxygens (including phenoxy) is 1. The van der Waals surface area contributed by atoms with Crippen LogP contribution in [0.5, 0.6) is 5.75 Å². The lowest BCUT2D eigenvalue weighted by molar-refractivity contribution is -0.135. The number of benzene rings is 2. The highest BCUT2D eigenvalue weighted by atomic mass is 35.5. The van der Waals surface area contributed by atoms with Crippen LogP contribution in [-0.2, 0) is 11.4 Å². The van der Waals surface area contributed by atoms with Crippen molar-refractivity contribution < 1.29 is 19.4 Å². The zero-order valence-electron chi connectivity index (χ0n) is 14.3. The van der Waals surface area contributed by atoms with Crippen molar-refractivity contribution in [3.05, 3.63) is 56.5 Å². The fourth-order valence-corrected chi connectivity index (χ4v) is 3.10. The van der Waals surface area contributed by atoms with Gasteiger partial charge >= 0.3 is 5.97 Å². The van der Waals surface area contributed by atoms with Crippen molar-refractivity contribution >= 4 is 52.4 Å². The number of anilines is 1. The monoisotopic (exact) mass is 430 g/mol. The van der Waals surface area contributed by atoms with Crippen LogP contribution < -0.4 is 15.4 Å². The Morgan fingerprint density at radius 3 is 2.41 bits per heavy atom. The quantitative estimate of drug-likeness (QED) is 0.574. The molecule has 27 heavy (non-hydrogen) atoms. The van der Waals surface area contributed by atoms with E-state index in [-0.39, 0.29) is 28.0 Å². The Labute approximate surface area is 171 Å². The summed E-state index contributed by atoms with van der Waals surface area (Å²) in [5.41, 5.74) is 1.67. The third kappa shape index (κ3) is 5.66. The highest BCUT2D eigenvalue weighted by Gasteiger charge is 2.16.